The second kappa shape index (κ2) is 9.82. The molecule has 0 fully saturated rings. The predicted molar refractivity (Wildman–Crippen MR) is 184 cm³/mol. The number of hydrogen-bond acceptors (Lipinski definition) is 3. The van der Waals surface area contributed by atoms with Crippen LogP contribution in [0.4, 0.5) is 0 Å². The molecule has 204 valence electrons. The largest absolute Gasteiger partial charge is 0.254 e. The third-order valence-electron chi connectivity index (χ3n) is 8.74. The fourth-order valence-electron chi connectivity index (χ4n) is 6.62. The summed E-state index contributed by atoms with van der Waals surface area (Å²) in [5.41, 5.74) is 9.67. The molecule has 0 amide bonds. The van der Waals surface area contributed by atoms with Crippen molar-refractivity contribution in [1.29, 1.82) is 0 Å². The average Bonchev–Trinajstić information content (AvgIpc) is 3.11. The Hall–Kier alpha value is -5.93. The van der Waals surface area contributed by atoms with Crippen molar-refractivity contribution in [3.8, 4) is 33.5 Å². The molecule has 0 saturated heterocycles. The van der Waals surface area contributed by atoms with Crippen molar-refractivity contribution in [3.05, 3.63) is 152 Å². The molecule has 0 unspecified atom stereocenters. The Morgan fingerprint density at radius 1 is 0.386 bits per heavy atom. The second-order valence-corrected chi connectivity index (χ2v) is 11.2. The Labute approximate surface area is 254 Å². The Morgan fingerprint density at radius 3 is 1.82 bits per heavy atom. The van der Waals surface area contributed by atoms with E-state index in [0.29, 0.717) is 0 Å². The van der Waals surface area contributed by atoms with Gasteiger partial charge in [-0.25, -0.2) is 4.98 Å². The van der Waals surface area contributed by atoms with E-state index in [4.69, 9.17) is 4.98 Å². The normalized spacial score (nSPS) is 11.6. The molecule has 3 heterocycles. The Morgan fingerprint density at radius 2 is 1.00 bits per heavy atom. The van der Waals surface area contributed by atoms with E-state index in [9.17, 15) is 0 Å². The molecule has 3 nitrogen and oxygen atoms in total. The van der Waals surface area contributed by atoms with E-state index < -0.39 is 0 Å². The van der Waals surface area contributed by atoms with Gasteiger partial charge < -0.3 is 0 Å². The van der Waals surface area contributed by atoms with Gasteiger partial charge in [-0.1, -0.05) is 115 Å². The van der Waals surface area contributed by atoms with E-state index in [1.54, 1.807) is 0 Å². The highest BCUT2D eigenvalue weighted by Gasteiger charge is 2.14. The maximum absolute atomic E-state index is 5.16. The zero-order valence-electron chi connectivity index (χ0n) is 23.8. The van der Waals surface area contributed by atoms with Gasteiger partial charge in [-0.15, -0.1) is 0 Å². The molecule has 0 bridgehead atoms. The zero-order valence-corrected chi connectivity index (χ0v) is 23.8. The lowest BCUT2D eigenvalue weighted by molar-refractivity contribution is 1.37. The number of benzene rings is 6. The summed E-state index contributed by atoms with van der Waals surface area (Å²) in [7, 11) is 0. The maximum Gasteiger partial charge on any atom is 0.0970 e. The Bertz CT molecular complexity index is 2520. The first-order chi connectivity index (χ1) is 21.8. The lowest BCUT2D eigenvalue weighted by Crippen LogP contribution is -1.91. The molecule has 0 aliphatic rings. The molecule has 0 radical (unpaired) electrons. The minimum atomic E-state index is 0.933. The zero-order chi connectivity index (χ0) is 29.0. The Kier molecular flexibility index (Phi) is 5.50. The van der Waals surface area contributed by atoms with Crippen LogP contribution in [0.2, 0.25) is 0 Å². The molecule has 0 saturated carbocycles. The van der Waals surface area contributed by atoms with Crippen LogP contribution in [-0.2, 0) is 0 Å². The van der Waals surface area contributed by atoms with Crippen molar-refractivity contribution in [2.24, 2.45) is 0 Å². The van der Waals surface area contributed by atoms with E-state index in [1.165, 1.54) is 38.1 Å². The van der Waals surface area contributed by atoms with E-state index in [0.717, 1.165) is 49.7 Å². The van der Waals surface area contributed by atoms with Crippen LogP contribution in [0.1, 0.15) is 0 Å². The summed E-state index contributed by atoms with van der Waals surface area (Å²) in [5, 5.41) is 8.32. The second-order valence-electron chi connectivity index (χ2n) is 11.2. The molecule has 0 aliphatic heterocycles. The highest BCUT2D eigenvalue weighted by atomic mass is 14.7. The fraction of sp³-hybridized carbons (Fsp3) is 0. The van der Waals surface area contributed by atoms with Crippen LogP contribution in [0.5, 0.6) is 0 Å². The number of aromatic nitrogens is 3. The number of pyridine rings is 3. The summed E-state index contributed by atoms with van der Waals surface area (Å²) >= 11 is 0. The van der Waals surface area contributed by atoms with Gasteiger partial charge in [0.1, 0.15) is 0 Å². The molecule has 3 heteroatoms. The van der Waals surface area contributed by atoms with Crippen LogP contribution in [0, 0.1) is 0 Å². The van der Waals surface area contributed by atoms with E-state index in [-0.39, 0.29) is 0 Å². The summed E-state index contributed by atoms with van der Waals surface area (Å²) in [4.78, 5) is 14.4. The number of fused-ring (bicyclic) bond motifs is 8. The summed E-state index contributed by atoms with van der Waals surface area (Å²) in [5.74, 6) is 0. The van der Waals surface area contributed by atoms with Crippen molar-refractivity contribution >= 4 is 54.3 Å². The molecule has 0 atom stereocenters. The summed E-state index contributed by atoms with van der Waals surface area (Å²) in [6.07, 6.45) is 3.67. The summed E-state index contributed by atoms with van der Waals surface area (Å²) in [6, 6.07) is 49.6. The van der Waals surface area contributed by atoms with Crippen LogP contribution in [-0.4, -0.2) is 15.0 Å². The minimum absolute atomic E-state index is 0.933. The molecule has 9 aromatic rings. The smallest absolute Gasteiger partial charge is 0.0970 e. The van der Waals surface area contributed by atoms with Gasteiger partial charge in [0, 0.05) is 44.9 Å². The van der Waals surface area contributed by atoms with Crippen molar-refractivity contribution < 1.29 is 0 Å². The van der Waals surface area contributed by atoms with E-state index >= 15 is 0 Å². The number of nitrogens with zero attached hydrogens (tertiary/aromatic N) is 3. The quantitative estimate of drug-likeness (QED) is 0.202. The molecular weight excluding hydrogens is 534 g/mol. The van der Waals surface area contributed by atoms with Crippen molar-refractivity contribution in [2.75, 3.05) is 0 Å². The van der Waals surface area contributed by atoms with Crippen LogP contribution >= 0.6 is 0 Å². The molecule has 9 rings (SSSR count). The van der Waals surface area contributed by atoms with E-state index in [2.05, 4.69) is 137 Å². The lowest BCUT2D eigenvalue weighted by Gasteiger charge is -2.13. The molecule has 44 heavy (non-hydrogen) atoms. The SMILES string of the molecule is c1ccc2c(c1)ccc1c(-c3ccc(-c4ccc(-c5cc6cccnc6c6ncccc56)cc4)cc3)nc3ccccc3c12. The first-order valence-corrected chi connectivity index (χ1v) is 14.9. The van der Waals surface area contributed by atoms with Gasteiger partial charge in [0.05, 0.1) is 22.2 Å². The predicted octanol–water partition coefficient (Wildman–Crippen LogP) is 10.6. The van der Waals surface area contributed by atoms with Gasteiger partial charge in [-0.3, -0.25) is 9.97 Å². The van der Waals surface area contributed by atoms with Crippen molar-refractivity contribution in [2.45, 2.75) is 0 Å². The highest BCUT2D eigenvalue weighted by molar-refractivity contribution is 6.22. The standard InChI is InChI=1S/C41H25N3/c1-2-9-32-28(7-1)21-22-35-38(32)34-10-3-4-12-37(34)44-39(35)30-19-15-27(16-20-30)26-13-17-29(18-14-26)36-25-31-8-5-23-42-40(31)41-33(36)11-6-24-43-41/h1-25H. The third kappa shape index (κ3) is 3.87. The summed E-state index contributed by atoms with van der Waals surface area (Å²) < 4.78 is 0. The van der Waals surface area contributed by atoms with Crippen LogP contribution < -0.4 is 0 Å². The molecule has 3 aromatic heterocycles. The van der Waals surface area contributed by atoms with Gasteiger partial charge in [-0.05, 0) is 57.3 Å². The maximum atomic E-state index is 5.16. The van der Waals surface area contributed by atoms with Gasteiger partial charge >= 0.3 is 0 Å². The molecule has 0 aliphatic carbocycles. The first-order valence-electron chi connectivity index (χ1n) is 14.9. The lowest BCUT2D eigenvalue weighted by atomic mass is 9.94. The average molecular weight is 560 g/mol. The van der Waals surface area contributed by atoms with Gasteiger partial charge in [-0.2, -0.15) is 0 Å². The molecule has 6 aromatic carbocycles. The van der Waals surface area contributed by atoms with Crippen LogP contribution in [0.3, 0.4) is 0 Å². The van der Waals surface area contributed by atoms with Gasteiger partial charge in [0.2, 0.25) is 0 Å². The van der Waals surface area contributed by atoms with E-state index in [1.807, 2.05) is 24.5 Å². The van der Waals surface area contributed by atoms with Gasteiger partial charge in [0.25, 0.3) is 0 Å². The molecular formula is C41H25N3. The number of para-hydroxylation sites is 1. The highest BCUT2D eigenvalue weighted by Crippen LogP contribution is 2.38. The number of rotatable bonds is 3. The fourth-order valence-corrected chi connectivity index (χ4v) is 6.62. The van der Waals surface area contributed by atoms with Crippen LogP contribution in [0.15, 0.2) is 152 Å². The molecule has 0 N–H and O–H groups in total. The van der Waals surface area contributed by atoms with Gasteiger partial charge in [0.15, 0.2) is 0 Å². The molecule has 0 spiro atoms. The number of hydrogen-bond donors (Lipinski definition) is 0. The topological polar surface area (TPSA) is 38.7 Å². The third-order valence-corrected chi connectivity index (χ3v) is 8.74. The van der Waals surface area contributed by atoms with Crippen molar-refractivity contribution in [1.82, 2.24) is 15.0 Å². The monoisotopic (exact) mass is 559 g/mol. The van der Waals surface area contributed by atoms with Crippen LogP contribution in [0.25, 0.3) is 87.8 Å². The summed E-state index contributed by atoms with van der Waals surface area (Å²) in [6.45, 7) is 0. The minimum Gasteiger partial charge on any atom is -0.254 e. The van der Waals surface area contributed by atoms with Crippen molar-refractivity contribution in [3.63, 3.8) is 0 Å². The Balaban J connectivity index is 1.12. The first kappa shape index (κ1) is 24.6.